The molecule has 0 saturated carbocycles. The Hall–Kier alpha value is -1.38. The van der Waals surface area contributed by atoms with Gasteiger partial charge in [-0.05, 0) is 0 Å². The smallest absolute Gasteiger partial charge is 0.338 e. The lowest BCUT2D eigenvalue weighted by Crippen LogP contribution is -2.34. The molecule has 0 aromatic carbocycles. The maximum atomic E-state index is 12.4. The molecule has 0 saturated heterocycles. The van der Waals surface area contributed by atoms with Gasteiger partial charge < -0.3 is 5.32 Å². The Morgan fingerprint density at radius 2 is 2.20 bits per heavy atom. The highest BCUT2D eigenvalue weighted by Crippen LogP contribution is 2.36. The van der Waals surface area contributed by atoms with E-state index in [1.165, 1.54) is 14.1 Å². The molecule has 0 aliphatic heterocycles. The Bertz CT molecular complexity index is 364. The number of carbonyl (C=O) groups is 1. The molecule has 1 N–H and O–H groups in total. The van der Waals surface area contributed by atoms with Crippen molar-refractivity contribution in [1.82, 2.24) is 15.5 Å². The largest absolute Gasteiger partial charge is 0.490 e. The molecule has 0 radical (unpaired) electrons. The monoisotopic (exact) mass is 241 g/mol. The quantitative estimate of drug-likeness (QED) is 0.750. The number of amides is 2. The van der Waals surface area contributed by atoms with E-state index in [-0.39, 0.29) is 0 Å². The van der Waals surface area contributed by atoms with Crippen LogP contribution in [0.25, 0.3) is 0 Å². The van der Waals surface area contributed by atoms with Crippen molar-refractivity contribution < 1.29 is 18.0 Å². The van der Waals surface area contributed by atoms with E-state index in [9.17, 15) is 18.0 Å². The third kappa shape index (κ3) is 2.35. The van der Waals surface area contributed by atoms with Crippen molar-refractivity contribution in [3.8, 4) is 0 Å². The minimum atomic E-state index is -4.57. The van der Waals surface area contributed by atoms with Gasteiger partial charge in [-0.2, -0.15) is 13.2 Å². The summed E-state index contributed by atoms with van der Waals surface area (Å²) >= 11 is 0. The van der Waals surface area contributed by atoms with Crippen molar-refractivity contribution in [2.45, 2.75) is 6.18 Å². The van der Waals surface area contributed by atoms with Crippen LogP contribution < -0.4 is 9.62 Å². The number of rotatable bonds is 1. The maximum Gasteiger partial charge on any atom is 0.490 e. The second-order valence-electron chi connectivity index (χ2n) is 2.49. The van der Waals surface area contributed by atoms with E-state index in [1.54, 1.807) is 0 Å². The normalized spacial score (nSPS) is 12.5. The van der Waals surface area contributed by atoms with Gasteiger partial charge in [-0.1, -0.05) is 10.2 Å². The molecule has 0 spiro atoms. The fourth-order valence-electron chi connectivity index (χ4n) is 0.835. The summed E-state index contributed by atoms with van der Waals surface area (Å²) in [6.45, 7) is 0. The van der Waals surface area contributed by atoms with Gasteiger partial charge in [-0.3, -0.25) is 0 Å². The second-order valence-corrected chi connectivity index (χ2v) is 4.27. The molecule has 5 nitrogen and oxygen atoms in total. The van der Waals surface area contributed by atoms with Crippen LogP contribution in [-0.4, -0.2) is 30.3 Å². The SMILES string of the molecule is CNC(=O)N(C)[s+]1cnnc1C(F)(F)F. The highest BCUT2D eigenvalue weighted by molar-refractivity contribution is 7.33. The summed E-state index contributed by atoms with van der Waals surface area (Å²) in [5.41, 5.74) is 0.998. The van der Waals surface area contributed by atoms with E-state index in [2.05, 4.69) is 15.5 Å². The summed E-state index contributed by atoms with van der Waals surface area (Å²) in [6, 6.07) is -0.622. The molecule has 1 aromatic rings. The van der Waals surface area contributed by atoms with Crippen molar-refractivity contribution in [3.05, 3.63) is 10.5 Å². The average molecular weight is 241 g/mol. The average Bonchev–Trinajstić information content (AvgIpc) is 2.63. The fraction of sp³-hybridized carbons (Fsp3) is 0.500. The highest BCUT2D eigenvalue weighted by atomic mass is 32.2. The number of hydrogen-bond donors (Lipinski definition) is 1. The van der Waals surface area contributed by atoms with E-state index in [0.717, 1.165) is 9.82 Å². The molecule has 0 aliphatic rings. The minimum Gasteiger partial charge on any atom is -0.338 e. The zero-order valence-electron chi connectivity index (χ0n) is 7.87. The topological polar surface area (TPSA) is 58.1 Å². The molecular formula is C6H8F3N4OS+. The Labute approximate surface area is 86.0 Å². The van der Waals surface area contributed by atoms with Crippen LogP contribution in [0.1, 0.15) is 5.01 Å². The molecule has 1 atom stereocenters. The van der Waals surface area contributed by atoms with E-state index in [0.29, 0.717) is 0 Å². The number of nitrogens with zero attached hydrogens (tertiary/aromatic N) is 3. The number of alkyl halides is 3. The minimum absolute atomic E-state index is 0.622. The molecule has 0 bridgehead atoms. The summed E-state index contributed by atoms with van der Waals surface area (Å²) in [6.07, 6.45) is -4.57. The lowest BCUT2D eigenvalue weighted by Gasteiger charge is -2.07. The predicted octanol–water partition coefficient (Wildman–Crippen LogP) is 1.15. The Morgan fingerprint density at radius 1 is 1.60 bits per heavy atom. The molecule has 0 aliphatic carbocycles. The van der Waals surface area contributed by atoms with E-state index in [1.807, 2.05) is 0 Å². The molecule has 2 amide bonds. The van der Waals surface area contributed by atoms with Gasteiger partial charge in [0.25, 0.3) is 5.51 Å². The first-order chi connectivity index (χ1) is 6.88. The first-order valence-corrected chi connectivity index (χ1v) is 4.99. The zero-order chi connectivity index (χ0) is 11.6. The molecule has 9 heteroatoms. The molecule has 15 heavy (non-hydrogen) atoms. The number of urea groups is 1. The molecule has 1 heterocycles. The summed E-state index contributed by atoms with van der Waals surface area (Å²) in [4.78, 5) is 11.1. The second kappa shape index (κ2) is 4.01. The van der Waals surface area contributed by atoms with Crippen LogP contribution in [0.4, 0.5) is 18.0 Å². The van der Waals surface area contributed by atoms with Crippen molar-refractivity contribution >= 4 is 16.7 Å². The number of halogens is 3. The zero-order valence-corrected chi connectivity index (χ0v) is 8.69. The summed E-state index contributed by atoms with van der Waals surface area (Å²) in [5.74, 6) is 0. The Morgan fingerprint density at radius 3 is 2.67 bits per heavy atom. The van der Waals surface area contributed by atoms with Gasteiger partial charge in [0.05, 0.1) is 7.05 Å². The fourth-order valence-corrected chi connectivity index (χ4v) is 2.11. The van der Waals surface area contributed by atoms with Crippen LogP contribution in [0.15, 0.2) is 5.51 Å². The maximum absolute atomic E-state index is 12.4. The number of hydrogen-bond acceptors (Lipinski definition) is 3. The van der Waals surface area contributed by atoms with Crippen molar-refractivity contribution in [3.63, 3.8) is 0 Å². The van der Waals surface area contributed by atoms with Crippen molar-refractivity contribution in [2.24, 2.45) is 0 Å². The van der Waals surface area contributed by atoms with E-state index in [4.69, 9.17) is 0 Å². The van der Waals surface area contributed by atoms with Gasteiger partial charge >= 0.3 is 17.2 Å². The lowest BCUT2D eigenvalue weighted by molar-refractivity contribution is -0.138. The van der Waals surface area contributed by atoms with Gasteiger partial charge in [0.1, 0.15) is 0 Å². The standard InChI is InChI=1S/C6H7F3N4OS/c1-10-5(14)13(2)15-3-11-12-4(15)6(7,8)9/h3H,1-2H3/p+1. The molecule has 1 rings (SSSR count). The van der Waals surface area contributed by atoms with Crippen LogP contribution in [0.5, 0.6) is 0 Å². The van der Waals surface area contributed by atoms with Crippen LogP contribution in [-0.2, 0) is 6.18 Å². The van der Waals surface area contributed by atoms with Crippen LogP contribution >= 0.6 is 10.7 Å². The van der Waals surface area contributed by atoms with Crippen LogP contribution in [0, 0.1) is 0 Å². The van der Waals surface area contributed by atoms with Gasteiger partial charge in [0, 0.05) is 7.05 Å². The third-order valence-electron chi connectivity index (χ3n) is 1.53. The van der Waals surface area contributed by atoms with Crippen molar-refractivity contribution in [1.29, 1.82) is 0 Å². The summed E-state index contributed by atoms with van der Waals surface area (Å²) in [5, 5.41) is 7.32. The first-order valence-electron chi connectivity index (χ1n) is 3.75. The predicted molar refractivity (Wildman–Crippen MR) is 48.1 cm³/mol. The molecule has 0 fully saturated rings. The van der Waals surface area contributed by atoms with Gasteiger partial charge in [0.2, 0.25) is 0 Å². The van der Waals surface area contributed by atoms with Crippen LogP contribution in [0.3, 0.4) is 0 Å². The van der Waals surface area contributed by atoms with E-state index < -0.39 is 27.9 Å². The Kier molecular flexibility index (Phi) is 3.12. The number of aromatic nitrogens is 2. The third-order valence-corrected chi connectivity index (χ3v) is 3.29. The van der Waals surface area contributed by atoms with Gasteiger partial charge in [-0.15, -0.1) is 4.31 Å². The molecule has 1 unspecified atom stereocenters. The first kappa shape index (κ1) is 11.7. The molecule has 84 valence electrons. The molecule has 1 aromatic heterocycles. The number of nitrogens with one attached hydrogen (secondary N) is 1. The summed E-state index contributed by atoms with van der Waals surface area (Å²) in [7, 11) is 1.03. The lowest BCUT2D eigenvalue weighted by atomic mass is 10.7. The van der Waals surface area contributed by atoms with Crippen molar-refractivity contribution in [2.75, 3.05) is 18.4 Å². The molecular weight excluding hydrogens is 233 g/mol. The van der Waals surface area contributed by atoms with Gasteiger partial charge in [0.15, 0.2) is 10.7 Å². The van der Waals surface area contributed by atoms with Gasteiger partial charge in [-0.25, -0.2) is 4.79 Å². The summed E-state index contributed by atoms with van der Waals surface area (Å²) < 4.78 is 38.0. The van der Waals surface area contributed by atoms with E-state index >= 15 is 0 Å². The Balaban J connectivity index is 3.05. The highest BCUT2D eigenvalue weighted by Gasteiger charge is 2.47. The number of carbonyl (C=O) groups excluding carboxylic acids is 1. The van der Waals surface area contributed by atoms with Crippen LogP contribution in [0.2, 0.25) is 0 Å².